The van der Waals surface area contributed by atoms with Crippen molar-refractivity contribution in [3.63, 3.8) is 0 Å². The number of nitrogens with two attached hydrogens (primary N) is 1. The topological polar surface area (TPSA) is 108 Å². The molecular weight excluding hydrogens is 312 g/mol. The Hall–Kier alpha value is -3.35. The zero-order chi connectivity index (χ0) is 17.5. The number of esters is 1. The monoisotopic (exact) mass is 328 g/mol. The second kappa shape index (κ2) is 7.77. The molecule has 2 amide bonds. The number of amides is 2. The van der Waals surface area contributed by atoms with Crippen LogP contribution >= 0.6 is 0 Å². The number of hydrogen-bond donors (Lipinski definition) is 2. The lowest BCUT2D eigenvalue weighted by atomic mass is 10.1. The van der Waals surface area contributed by atoms with Crippen LogP contribution in [0.2, 0.25) is 0 Å². The number of carbonyl (C=O) groups excluding carboxylic acids is 3. The molecular formula is C17H16N2O5. The highest BCUT2D eigenvalue weighted by Crippen LogP contribution is 2.18. The maximum atomic E-state index is 12.0. The number of hydrogen-bond acceptors (Lipinski definition) is 5. The van der Waals surface area contributed by atoms with Crippen molar-refractivity contribution in [2.45, 2.75) is 0 Å². The minimum atomic E-state index is -0.689. The molecule has 0 aliphatic rings. The Bertz CT molecular complexity index is 773. The maximum Gasteiger partial charge on any atom is 0.342 e. The highest BCUT2D eigenvalue weighted by Gasteiger charge is 2.16. The van der Waals surface area contributed by atoms with Gasteiger partial charge >= 0.3 is 5.97 Å². The molecule has 0 saturated heterocycles. The summed E-state index contributed by atoms with van der Waals surface area (Å²) in [5.41, 5.74) is 5.87. The molecule has 0 fully saturated rings. The first kappa shape index (κ1) is 17.0. The number of para-hydroxylation sites is 2. The van der Waals surface area contributed by atoms with Crippen LogP contribution in [-0.2, 0) is 9.53 Å². The number of anilines is 1. The summed E-state index contributed by atoms with van der Waals surface area (Å²) in [4.78, 5) is 35.2. The van der Waals surface area contributed by atoms with E-state index in [0.717, 1.165) is 0 Å². The molecule has 7 nitrogen and oxygen atoms in total. The summed E-state index contributed by atoms with van der Waals surface area (Å²) in [5.74, 6) is -1.60. The molecule has 2 rings (SSSR count). The van der Waals surface area contributed by atoms with Gasteiger partial charge in [0.25, 0.3) is 11.8 Å². The molecule has 0 radical (unpaired) electrons. The van der Waals surface area contributed by atoms with E-state index in [2.05, 4.69) is 5.32 Å². The highest BCUT2D eigenvalue weighted by atomic mass is 16.5. The third-order valence-electron chi connectivity index (χ3n) is 3.13. The Morgan fingerprint density at radius 1 is 1.00 bits per heavy atom. The van der Waals surface area contributed by atoms with Crippen LogP contribution in [0.15, 0.2) is 48.5 Å². The number of rotatable bonds is 6. The van der Waals surface area contributed by atoms with E-state index in [-0.39, 0.29) is 16.8 Å². The number of benzene rings is 2. The van der Waals surface area contributed by atoms with Gasteiger partial charge < -0.3 is 20.5 Å². The van der Waals surface area contributed by atoms with E-state index in [0.29, 0.717) is 5.75 Å². The van der Waals surface area contributed by atoms with Crippen molar-refractivity contribution in [3.8, 4) is 5.75 Å². The predicted octanol–water partition coefficient (Wildman–Crippen LogP) is 1.59. The number of primary amides is 1. The Kier molecular flexibility index (Phi) is 5.51. The van der Waals surface area contributed by atoms with E-state index < -0.39 is 24.4 Å². The summed E-state index contributed by atoms with van der Waals surface area (Å²) >= 11 is 0. The summed E-state index contributed by atoms with van der Waals surface area (Å²) < 4.78 is 10.0. The van der Waals surface area contributed by atoms with Crippen LogP contribution in [0.5, 0.6) is 5.75 Å². The SMILES string of the molecule is COc1ccccc1C(=O)OCC(=O)Nc1ccccc1C(N)=O. The predicted molar refractivity (Wildman–Crippen MR) is 86.9 cm³/mol. The molecule has 2 aromatic rings. The highest BCUT2D eigenvalue weighted by molar-refractivity contribution is 6.03. The van der Waals surface area contributed by atoms with Gasteiger partial charge in [-0.15, -0.1) is 0 Å². The lowest BCUT2D eigenvalue weighted by molar-refractivity contribution is -0.119. The van der Waals surface area contributed by atoms with Gasteiger partial charge in [-0.25, -0.2) is 4.79 Å². The van der Waals surface area contributed by atoms with Crippen LogP contribution in [-0.4, -0.2) is 31.5 Å². The van der Waals surface area contributed by atoms with Crippen molar-refractivity contribution in [3.05, 3.63) is 59.7 Å². The Labute approximate surface area is 138 Å². The van der Waals surface area contributed by atoms with Gasteiger partial charge in [0.15, 0.2) is 6.61 Å². The van der Waals surface area contributed by atoms with Crippen LogP contribution in [0.4, 0.5) is 5.69 Å². The largest absolute Gasteiger partial charge is 0.496 e. The normalized spacial score (nSPS) is 9.88. The molecule has 7 heteroatoms. The zero-order valence-corrected chi connectivity index (χ0v) is 12.9. The summed E-state index contributed by atoms with van der Waals surface area (Å²) in [6, 6.07) is 12.8. The van der Waals surface area contributed by atoms with Gasteiger partial charge in [0.05, 0.1) is 18.4 Å². The molecule has 2 aromatic carbocycles. The first-order valence-corrected chi connectivity index (χ1v) is 7.01. The molecule has 0 heterocycles. The summed E-state index contributed by atoms with van der Waals surface area (Å²) in [7, 11) is 1.43. The van der Waals surface area contributed by atoms with Crippen LogP contribution < -0.4 is 15.8 Å². The Morgan fingerprint density at radius 2 is 1.62 bits per heavy atom. The third kappa shape index (κ3) is 4.10. The minimum Gasteiger partial charge on any atom is -0.496 e. The third-order valence-corrected chi connectivity index (χ3v) is 3.13. The molecule has 124 valence electrons. The summed E-state index contributed by atoms with van der Waals surface area (Å²) in [6.45, 7) is -0.510. The van der Waals surface area contributed by atoms with Gasteiger partial charge in [0.1, 0.15) is 11.3 Å². The zero-order valence-electron chi connectivity index (χ0n) is 12.9. The second-order valence-corrected chi connectivity index (χ2v) is 4.73. The van der Waals surface area contributed by atoms with Crippen LogP contribution in [0, 0.1) is 0 Å². The van der Waals surface area contributed by atoms with Gasteiger partial charge in [-0.3, -0.25) is 9.59 Å². The Morgan fingerprint density at radius 3 is 2.29 bits per heavy atom. The molecule has 0 aromatic heterocycles. The second-order valence-electron chi connectivity index (χ2n) is 4.73. The molecule has 0 bridgehead atoms. The van der Waals surface area contributed by atoms with E-state index >= 15 is 0 Å². The standard InChI is InChI=1S/C17H16N2O5/c1-23-14-9-5-3-7-12(14)17(22)24-10-15(20)19-13-8-4-2-6-11(13)16(18)21/h2-9H,10H2,1H3,(H2,18,21)(H,19,20). The van der Waals surface area contributed by atoms with Crippen molar-refractivity contribution >= 4 is 23.5 Å². The van der Waals surface area contributed by atoms with Gasteiger partial charge in [0, 0.05) is 0 Å². The number of carbonyl (C=O) groups is 3. The maximum absolute atomic E-state index is 12.0. The molecule has 0 aliphatic heterocycles. The van der Waals surface area contributed by atoms with Crippen molar-refractivity contribution in [2.24, 2.45) is 5.73 Å². The van der Waals surface area contributed by atoms with Gasteiger partial charge in [-0.2, -0.15) is 0 Å². The lowest BCUT2D eigenvalue weighted by Gasteiger charge is -2.10. The van der Waals surface area contributed by atoms with Crippen molar-refractivity contribution < 1.29 is 23.9 Å². The van der Waals surface area contributed by atoms with E-state index in [9.17, 15) is 14.4 Å². The first-order valence-electron chi connectivity index (χ1n) is 7.01. The minimum absolute atomic E-state index is 0.168. The fourth-order valence-electron chi connectivity index (χ4n) is 2.02. The number of methoxy groups -OCH3 is 1. The molecule has 24 heavy (non-hydrogen) atoms. The van der Waals surface area contributed by atoms with Crippen molar-refractivity contribution in [1.82, 2.24) is 0 Å². The van der Waals surface area contributed by atoms with Crippen LogP contribution in [0.3, 0.4) is 0 Å². The van der Waals surface area contributed by atoms with Crippen LogP contribution in [0.1, 0.15) is 20.7 Å². The average molecular weight is 328 g/mol. The molecule has 0 spiro atoms. The van der Waals surface area contributed by atoms with Crippen molar-refractivity contribution in [2.75, 3.05) is 19.0 Å². The van der Waals surface area contributed by atoms with Crippen molar-refractivity contribution in [1.29, 1.82) is 0 Å². The fourth-order valence-corrected chi connectivity index (χ4v) is 2.02. The molecule has 3 N–H and O–H groups in total. The van der Waals surface area contributed by atoms with E-state index in [4.69, 9.17) is 15.2 Å². The molecule has 0 saturated carbocycles. The molecule has 0 atom stereocenters. The average Bonchev–Trinajstić information content (AvgIpc) is 2.59. The van der Waals surface area contributed by atoms with Gasteiger partial charge in [-0.1, -0.05) is 24.3 Å². The van der Waals surface area contributed by atoms with E-state index in [1.165, 1.54) is 25.3 Å². The molecule has 0 aliphatic carbocycles. The summed E-state index contributed by atoms with van der Waals surface area (Å²) in [6.07, 6.45) is 0. The van der Waals surface area contributed by atoms with E-state index in [1.54, 1.807) is 30.3 Å². The van der Waals surface area contributed by atoms with E-state index in [1.807, 2.05) is 0 Å². The fraction of sp³-hybridized carbons (Fsp3) is 0.118. The number of ether oxygens (including phenoxy) is 2. The molecule has 0 unspecified atom stereocenters. The Balaban J connectivity index is 1.99. The van der Waals surface area contributed by atoms with Crippen LogP contribution in [0.25, 0.3) is 0 Å². The smallest absolute Gasteiger partial charge is 0.342 e. The summed E-state index contributed by atoms with van der Waals surface area (Å²) in [5, 5.41) is 2.48. The van der Waals surface area contributed by atoms with Gasteiger partial charge in [0.2, 0.25) is 0 Å². The van der Waals surface area contributed by atoms with Gasteiger partial charge in [-0.05, 0) is 24.3 Å². The number of nitrogens with one attached hydrogen (secondary N) is 1. The first-order chi connectivity index (χ1) is 11.5. The lowest BCUT2D eigenvalue weighted by Crippen LogP contribution is -2.23. The quantitative estimate of drug-likeness (QED) is 0.783.